The first-order valence-electron chi connectivity index (χ1n) is 10.0. The molecule has 4 aromatic rings. The van der Waals surface area contributed by atoms with Crippen molar-refractivity contribution in [2.45, 2.75) is 37.1 Å². The summed E-state index contributed by atoms with van der Waals surface area (Å²) in [5.74, 6) is 1.49. The van der Waals surface area contributed by atoms with E-state index in [1.807, 2.05) is 48.5 Å². The van der Waals surface area contributed by atoms with Crippen molar-refractivity contribution in [3.63, 3.8) is 0 Å². The van der Waals surface area contributed by atoms with Crippen LogP contribution in [-0.2, 0) is 11.2 Å². The van der Waals surface area contributed by atoms with Gasteiger partial charge in [0.15, 0.2) is 11.0 Å². The molecule has 0 saturated heterocycles. The number of nitrogens with zero attached hydrogens (tertiary/aromatic N) is 3. The Balaban J connectivity index is 1.75. The molecule has 31 heavy (non-hydrogen) atoms. The molecule has 0 aliphatic carbocycles. The van der Waals surface area contributed by atoms with Gasteiger partial charge in [-0.05, 0) is 52.9 Å². The van der Waals surface area contributed by atoms with Crippen molar-refractivity contribution in [1.29, 1.82) is 0 Å². The number of aromatic nitrogens is 3. The average Bonchev–Trinajstić information content (AvgIpc) is 3.17. The van der Waals surface area contributed by atoms with Crippen molar-refractivity contribution in [2.24, 2.45) is 0 Å². The topological polar surface area (TPSA) is 30.7 Å². The highest BCUT2D eigenvalue weighted by Gasteiger charge is 2.19. The fraction of sp³-hybridized carbons (Fsp3) is 0.200. The van der Waals surface area contributed by atoms with Gasteiger partial charge in [-0.1, -0.05) is 92.1 Å². The average molecular weight is 468 g/mol. The molecule has 158 valence electrons. The zero-order chi connectivity index (χ0) is 22.0. The lowest BCUT2D eigenvalue weighted by Gasteiger charge is -2.19. The molecule has 0 aliphatic heterocycles. The third-order valence-electron chi connectivity index (χ3n) is 5.02. The number of hydrogen-bond donors (Lipinski definition) is 0. The van der Waals surface area contributed by atoms with Crippen LogP contribution in [0, 0.1) is 0 Å². The second-order valence-electron chi connectivity index (χ2n) is 8.33. The second kappa shape index (κ2) is 9.07. The van der Waals surface area contributed by atoms with Gasteiger partial charge >= 0.3 is 0 Å². The highest BCUT2D eigenvalue weighted by molar-refractivity contribution is 7.98. The van der Waals surface area contributed by atoms with Crippen molar-refractivity contribution in [2.75, 3.05) is 0 Å². The molecule has 1 aromatic heterocycles. The summed E-state index contributed by atoms with van der Waals surface area (Å²) in [6.45, 7) is 6.63. The second-order valence-corrected chi connectivity index (χ2v) is 10.1. The monoisotopic (exact) mass is 467 g/mol. The van der Waals surface area contributed by atoms with Crippen LogP contribution in [-0.4, -0.2) is 14.8 Å². The molecule has 4 rings (SSSR count). The Labute approximate surface area is 197 Å². The van der Waals surface area contributed by atoms with Crippen molar-refractivity contribution in [3.8, 4) is 17.1 Å². The Bertz CT molecular complexity index is 1180. The third kappa shape index (κ3) is 4.98. The predicted molar refractivity (Wildman–Crippen MR) is 132 cm³/mol. The van der Waals surface area contributed by atoms with Crippen LogP contribution in [0.4, 0.5) is 0 Å². The van der Waals surface area contributed by atoms with E-state index >= 15 is 0 Å². The predicted octanol–water partition coefficient (Wildman–Crippen LogP) is 7.83. The van der Waals surface area contributed by atoms with E-state index in [-0.39, 0.29) is 5.41 Å². The Kier molecular flexibility index (Phi) is 6.42. The number of halogens is 2. The molecule has 0 atom stereocenters. The van der Waals surface area contributed by atoms with Gasteiger partial charge in [0.1, 0.15) is 0 Å². The van der Waals surface area contributed by atoms with E-state index in [0.717, 1.165) is 33.0 Å². The lowest BCUT2D eigenvalue weighted by Crippen LogP contribution is -2.11. The Morgan fingerprint density at radius 2 is 1.52 bits per heavy atom. The minimum Gasteiger partial charge on any atom is -0.270 e. The van der Waals surface area contributed by atoms with E-state index in [1.165, 1.54) is 11.1 Å². The van der Waals surface area contributed by atoms with Gasteiger partial charge < -0.3 is 0 Å². The van der Waals surface area contributed by atoms with Crippen molar-refractivity contribution >= 4 is 35.0 Å². The normalized spacial score (nSPS) is 11.6. The summed E-state index contributed by atoms with van der Waals surface area (Å²) < 4.78 is 2.08. The maximum absolute atomic E-state index is 6.50. The molecule has 0 saturated carbocycles. The maximum atomic E-state index is 6.50. The molecule has 3 aromatic carbocycles. The standard InChI is InChI=1S/C25H23Cl2N3S/c1-25(2,3)18-10-14-20(15-11-18)30-23(21-6-4-5-7-22(21)27)28-29-24(30)31-16-17-8-12-19(26)13-9-17/h4-15H,16H2,1-3H3. The molecule has 0 N–H and O–H groups in total. The maximum Gasteiger partial charge on any atom is 0.196 e. The van der Waals surface area contributed by atoms with Crippen molar-refractivity contribution in [1.82, 2.24) is 14.8 Å². The summed E-state index contributed by atoms with van der Waals surface area (Å²) in [6, 6.07) is 24.2. The summed E-state index contributed by atoms with van der Waals surface area (Å²) in [5, 5.41) is 11.2. The van der Waals surface area contributed by atoms with E-state index < -0.39 is 0 Å². The minimum atomic E-state index is 0.0868. The van der Waals surface area contributed by atoms with Crippen molar-refractivity contribution < 1.29 is 0 Å². The molecule has 0 unspecified atom stereocenters. The molecule has 0 bridgehead atoms. The Morgan fingerprint density at radius 3 is 2.16 bits per heavy atom. The van der Waals surface area contributed by atoms with Crippen LogP contribution in [0.1, 0.15) is 31.9 Å². The van der Waals surface area contributed by atoms with E-state index in [2.05, 4.69) is 59.8 Å². The SMILES string of the molecule is CC(C)(C)c1ccc(-n2c(SCc3ccc(Cl)cc3)nnc2-c2ccccc2Cl)cc1. The molecular formula is C25H23Cl2N3S. The van der Waals surface area contributed by atoms with Crippen LogP contribution in [0.5, 0.6) is 0 Å². The minimum absolute atomic E-state index is 0.0868. The van der Waals surface area contributed by atoms with Gasteiger partial charge in [-0.25, -0.2) is 0 Å². The zero-order valence-electron chi connectivity index (χ0n) is 17.6. The molecule has 0 radical (unpaired) electrons. The molecule has 1 heterocycles. The van der Waals surface area contributed by atoms with E-state index in [4.69, 9.17) is 23.2 Å². The molecule has 6 heteroatoms. The fourth-order valence-corrected chi connectivity index (χ4v) is 4.51. The van der Waals surface area contributed by atoms with Gasteiger partial charge in [0.2, 0.25) is 0 Å². The molecule has 0 fully saturated rings. The van der Waals surface area contributed by atoms with E-state index in [9.17, 15) is 0 Å². The fourth-order valence-electron chi connectivity index (χ4n) is 3.25. The summed E-state index contributed by atoms with van der Waals surface area (Å²) in [5.41, 5.74) is 4.40. The van der Waals surface area contributed by atoms with Crippen LogP contribution in [0.25, 0.3) is 17.1 Å². The van der Waals surface area contributed by atoms with Crippen LogP contribution in [0.2, 0.25) is 10.0 Å². The van der Waals surface area contributed by atoms with Crippen LogP contribution < -0.4 is 0 Å². The quantitative estimate of drug-likeness (QED) is 0.280. The van der Waals surface area contributed by atoms with Gasteiger partial charge in [-0.3, -0.25) is 4.57 Å². The van der Waals surface area contributed by atoms with Crippen LogP contribution >= 0.6 is 35.0 Å². The largest absolute Gasteiger partial charge is 0.270 e. The Morgan fingerprint density at radius 1 is 0.839 bits per heavy atom. The first kappa shape index (κ1) is 21.9. The van der Waals surface area contributed by atoms with Gasteiger partial charge in [0.25, 0.3) is 0 Å². The summed E-state index contributed by atoms with van der Waals surface area (Å²) in [7, 11) is 0. The first-order valence-corrected chi connectivity index (χ1v) is 11.8. The lowest BCUT2D eigenvalue weighted by atomic mass is 9.87. The first-order chi connectivity index (χ1) is 14.8. The highest BCUT2D eigenvalue weighted by Crippen LogP contribution is 2.34. The lowest BCUT2D eigenvalue weighted by molar-refractivity contribution is 0.590. The van der Waals surface area contributed by atoms with Gasteiger partial charge in [-0.15, -0.1) is 10.2 Å². The smallest absolute Gasteiger partial charge is 0.196 e. The number of hydrogen-bond acceptors (Lipinski definition) is 3. The number of benzene rings is 3. The van der Waals surface area contributed by atoms with Gasteiger partial charge in [0, 0.05) is 22.0 Å². The summed E-state index contributed by atoms with van der Waals surface area (Å²) >= 11 is 14.2. The molecule has 0 amide bonds. The van der Waals surface area contributed by atoms with E-state index in [1.54, 1.807) is 11.8 Å². The zero-order valence-corrected chi connectivity index (χ0v) is 20.0. The molecular weight excluding hydrogens is 445 g/mol. The molecule has 3 nitrogen and oxygen atoms in total. The number of rotatable bonds is 5. The Hall–Kier alpha value is -2.27. The van der Waals surface area contributed by atoms with Gasteiger partial charge in [-0.2, -0.15) is 0 Å². The summed E-state index contributed by atoms with van der Waals surface area (Å²) in [6.07, 6.45) is 0. The van der Waals surface area contributed by atoms with Crippen molar-refractivity contribution in [3.05, 3.63) is 94.0 Å². The molecule has 0 spiro atoms. The van der Waals surface area contributed by atoms with Crippen LogP contribution in [0.15, 0.2) is 78.0 Å². The number of thioether (sulfide) groups is 1. The highest BCUT2D eigenvalue weighted by atomic mass is 35.5. The molecule has 0 aliphatic rings. The summed E-state index contributed by atoms with van der Waals surface area (Å²) in [4.78, 5) is 0. The third-order valence-corrected chi connectivity index (χ3v) is 6.60. The van der Waals surface area contributed by atoms with E-state index in [0.29, 0.717) is 5.02 Å². The van der Waals surface area contributed by atoms with Gasteiger partial charge in [0.05, 0.1) is 5.02 Å². The van der Waals surface area contributed by atoms with Crippen LogP contribution in [0.3, 0.4) is 0 Å².